The van der Waals surface area contributed by atoms with E-state index in [-0.39, 0.29) is 0 Å². The van der Waals surface area contributed by atoms with Crippen molar-refractivity contribution in [3.05, 3.63) is 64.7 Å². The molecule has 1 spiro atoms. The van der Waals surface area contributed by atoms with Crippen LogP contribution in [-0.4, -0.2) is 13.7 Å². The Morgan fingerprint density at radius 2 is 2.00 bits per heavy atom. The molecule has 1 atom stereocenters. The molecule has 0 radical (unpaired) electrons. The molecule has 120 valence electrons. The number of aryl methyl sites for hydroxylation is 2. The Morgan fingerprint density at radius 1 is 1.17 bits per heavy atom. The Hall–Kier alpha value is -1.80. The molecule has 0 aromatic heterocycles. The van der Waals surface area contributed by atoms with E-state index >= 15 is 0 Å². The Balaban J connectivity index is 1.58. The molecule has 1 unspecified atom stereocenters. The SMILES string of the molecule is COc1ccc2c(c1)C1(CC1)CNC2CCc1ccccc1C. The molecule has 2 heteroatoms. The summed E-state index contributed by atoms with van der Waals surface area (Å²) in [5, 5.41) is 3.81. The second-order valence-electron chi connectivity index (χ2n) is 7.13. The van der Waals surface area contributed by atoms with Crippen LogP contribution in [0.5, 0.6) is 5.75 Å². The lowest BCUT2D eigenvalue weighted by molar-refractivity contribution is 0.401. The van der Waals surface area contributed by atoms with E-state index in [1.807, 2.05) is 0 Å². The molecular weight excluding hydrogens is 282 g/mol. The molecular formula is C21H25NO. The molecule has 1 aliphatic heterocycles. The summed E-state index contributed by atoms with van der Waals surface area (Å²) in [6.07, 6.45) is 4.90. The van der Waals surface area contributed by atoms with Gasteiger partial charge in [-0.05, 0) is 67.0 Å². The van der Waals surface area contributed by atoms with Crippen LogP contribution >= 0.6 is 0 Å². The van der Waals surface area contributed by atoms with Crippen LogP contribution in [0.2, 0.25) is 0 Å². The molecule has 2 aromatic carbocycles. The van der Waals surface area contributed by atoms with Gasteiger partial charge in [0.15, 0.2) is 0 Å². The van der Waals surface area contributed by atoms with Gasteiger partial charge in [0, 0.05) is 18.0 Å². The summed E-state index contributed by atoms with van der Waals surface area (Å²) in [7, 11) is 1.76. The third-order valence-electron chi connectivity index (χ3n) is 5.71. The summed E-state index contributed by atoms with van der Waals surface area (Å²) in [6.45, 7) is 3.33. The quantitative estimate of drug-likeness (QED) is 0.908. The maximum atomic E-state index is 5.46. The molecule has 4 rings (SSSR count). The van der Waals surface area contributed by atoms with Crippen LogP contribution in [0.1, 0.15) is 47.6 Å². The van der Waals surface area contributed by atoms with Gasteiger partial charge in [-0.25, -0.2) is 0 Å². The van der Waals surface area contributed by atoms with Crippen LogP contribution in [0.25, 0.3) is 0 Å². The van der Waals surface area contributed by atoms with Gasteiger partial charge < -0.3 is 10.1 Å². The molecule has 0 saturated heterocycles. The molecule has 0 amide bonds. The monoisotopic (exact) mass is 307 g/mol. The van der Waals surface area contributed by atoms with Crippen molar-refractivity contribution in [3.8, 4) is 5.75 Å². The van der Waals surface area contributed by atoms with Crippen molar-refractivity contribution in [3.63, 3.8) is 0 Å². The van der Waals surface area contributed by atoms with Gasteiger partial charge in [0.05, 0.1) is 7.11 Å². The molecule has 23 heavy (non-hydrogen) atoms. The van der Waals surface area contributed by atoms with Gasteiger partial charge in [-0.2, -0.15) is 0 Å². The first kappa shape index (κ1) is 14.8. The first-order valence-corrected chi connectivity index (χ1v) is 8.68. The number of rotatable bonds is 4. The van der Waals surface area contributed by atoms with Crippen molar-refractivity contribution in [1.82, 2.24) is 5.32 Å². The summed E-state index contributed by atoms with van der Waals surface area (Å²) in [4.78, 5) is 0. The van der Waals surface area contributed by atoms with E-state index in [0.29, 0.717) is 11.5 Å². The Bertz CT molecular complexity index is 718. The zero-order chi connectivity index (χ0) is 15.9. The summed E-state index contributed by atoms with van der Waals surface area (Å²) < 4.78 is 5.46. The number of benzene rings is 2. The molecule has 0 bridgehead atoms. The average Bonchev–Trinajstić information content (AvgIpc) is 3.36. The van der Waals surface area contributed by atoms with E-state index in [0.717, 1.165) is 25.1 Å². The first-order valence-electron chi connectivity index (χ1n) is 8.68. The lowest BCUT2D eigenvalue weighted by atomic mass is 9.82. The van der Waals surface area contributed by atoms with Gasteiger partial charge in [-0.1, -0.05) is 30.3 Å². The van der Waals surface area contributed by atoms with Gasteiger partial charge in [0.1, 0.15) is 5.75 Å². The van der Waals surface area contributed by atoms with Crippen molar-refractivity contribution in [2.24, 2.45) is 0 Å². The van der Waals surface area contributed by atoms with Gasteiger partial charge >= 0.3 is 0 Å². The van der Waals surface area contributed by atoms with Crippen molar-refractivity contribution in [2.75, 3.05) is 13.7 Å². The number of ether oxygens (including phenoxy) is 1. The van der Waals surface area contributed by atoms with Crippen molar-refractivity contribution >= 4 is 0 Å². The summed E-state index contributed by atoms with van der Waals surface area (Å²) in [5.74, 6) is 0.995. The molecule has 2 nitrogen and oxygen atoms in total. The van der Waals surface area contributed by atoms with Crippen LogP contribution in [0, 0.1) is 6.92 Å². The second-order valence-corrected chi connectivity index (χ2v) is 7.13. The molecule has 2 aromatic rings. The molecule has 1 heterocycles. The number of hydrogen-bond donors (Lipinski definition) is 1. The average molecular weight is 307 g/mol. The van der Waals surface area contributed by atoms with Crippen molar-refractivity contribution < 1.29 is 4.74 Å². The van der Waals surface area contributed by atoms with E-state index in [1.165, 1.54) is 35.1 Å². The lowest BCUT2D eigenvalue weighted by Gasteiger charge is -2.33. The lowest BCUT2D eigenvalue weighted by Crippen LogP contribution is -2.37. The van der Waals surface area contributed by atoms with Gasteiger partial charge in [0.2, 0.25) is 0 Å². The minimum Gasteiger partial charge on any atom is -0.497 e. The summed E-state index contributed by atoms with van der Waals surface area (Å²) in [6, 6.07) is 15.9. The third-order valence-corrected chi connectivity index (χ3v) is 5.71. The topological polar surface area (TPSA) is 21.3 Å². The number of hydrogen-bond acceptors (Lipinski definition) is 2. The van der Waals surface area contributed by atoms with E-state index in [1.54, 1.807) is 7.11 Å². The first-order chi connectivity index (χ1) is 11.2. The Morgan fingerprint density at radius 3 is 2.74 bits per heavy atom. The maximum absolute atomic E-state index is 5.46. The number of nitrogens with one attached hydrogen (secondary N) is 1. The molecule has 1 saturated carbocycles. The van der Waals surface area contributed by atoms with Crippen molar-refractivity contribution in [1.29, 1.82) is 0 Å². The smallest absolute Gasteiger partial charge is 0.119 e. The van der Waals surface area contributed by atoms with Crippen molar-refractivity contribution in [2.45, 2.75) is 44.1 Å². The van der Waals surface area contributed by atoms with E-state index < -0.39 is 0 Å². The van der Waals surface area contributed by atoms with Gasteiger partial charge in [0.25, 0.3) is 0 Å². The van der Waals surface area contributed by atoms with Gasteiger partial charge in [-0.3, -0.25) is 0 Å². The standard InChI is InChI=1S/C21H25NO/c1-15-5-3-4-6-16(15)7-10-20-18-9-8-17(23-2)13-19(18)21(11-12-21)14-22-20/h3-6,8-9,13,20,22H,7,10-12,14H2,1-2H3. The molecule has 1 aliphatic carbocycles. The largest absolute Gasteiger partial charge is 0.497 e. The fraction of sp³-hybridized carbons (Fsp3) is 0.429. The van der Waals surface area contributed by atoms with Crippen LogP contribution in [0.15, 0.2) is 42.5 Å². The normalized spacial score (nSPS) is 21.0. The fourth-order valence-electron chi connectivity index (χ4n) is 3.99. The zero-order valence-electron chi connectivity index (χ0n) is 14.1. The van der Waals surface area contributed by atoms with E-state index in [2.05, 4.69) is 54.7 Å². The number of methoxy groups -OCH3 is 1. The minimum atomic E-state index is 0.392. The Kier molecular flexibility index (Phi) is 3.65. The molecule has 1 N–H and O–H groups in total. The highest BCUT2D eigenvalue weighted by atomic mass is 16.5. The highest BCUT2D eigenvalue weighted by Gasteiger charge is 2.48. The predicted molar refractivity (Wildman–Crippen MR) is 94.1 cm³/mol. The number of fused-ring (bicyclic) bond motifs is 2. The van der Waals surface area contributed by atoms with Crippen LogP contribution < -0.4 is 10.1 Å². The zero-order valence-corrected chi connectivity index (χ0v) is 14.1. The van der Waals surface area contributed by atoms with Crippen LogP contribution in [-0.2, 0) is 11.8 Å². The van der Waals surface area contributed by atoms with Crippen LogP contribution in [0.4, 0.5) is 0 Å². The van der Waals surface area contributed by atoms with E-state index in [4.69, 9.17) is 4.74 Å². The highest BCUT2D eigenvalue weighted by Crippen LogP contribution is 2.53. The molecule has 2 aliphatic rings. The predicted octanol–water partition coefficient (Wildman–Crippen LogP) is 4.31. The highest BCUT2D eigenvalue weighted by molar-refractivity contribution is 5.47. The third kappa shape index (κ3) is 2.66. The van der Waals surface area contributed by atoms with Gasteiger partial charge in [-0.15, -0.1) is 0 Å². The summed E-state index contributed by atoms with van der Waals surface area (Å²) >= 11 is 0. The Labute approximate surface area is 138 Å². The second kappa shape index (κ2) is 5.68. The van der Waals surface area contributed by atoms with Crippen LogP contribution in [0.3, 0.4) is 0 Å². The maximum Gasteiger partial charge on any atom is 0.119 e. The fourth-order valence-corrected chi connectivity index (χ4v) is 3.99. The minimum absolute atomic E-state index is 0.392. The van der Waals surface area contributed by atoms with E-state index in [9.17, 15) is 0 Å². The molecule has 1 fully saturated rings. The summed E-state index contributed by atoms with van der Waals surface area (Å²) in [5.41, 5.74) is 6.28.